The molecule has 3 heteroatoms. The summed E-state index contributed by atoms with van der Waals surface area (Å²) in [5.74, 6) is 0.621. The molecule has 94 valence electrons. The minimum atomic E-state index is 0.247. The molecule has 1 heterocycles. The molecule has 0 aromatic carbocycles. The molecule has 0 atom stereocenters. The highest BCUT2D eigenvalue weighted by atomic mass is 16.5. The molecule has 0 amide bonds. The van der Waals surface area contributed by atoms with E-state index in [2.05, 4.69) is 19.2 Å². The molecule has 1 aliphatic heterocycles. The number of carbonyl (C=O) groups is 1. The van der Waals surface area contributed by atoms with Gasteiger partial charge in [-0.15, -0.1) is 0 Å². The van der Waals surface area contributed by atoms with Gasteiger partial charge in [0.15, 0.2) is 0 Å². The Kier molecular flexibility index (Phi) is 6.65. The van der Waals surface area contributed by atoms with Crippen molar-refractivity contribution in [3.8, 4) is 0 Å². The Morgan fingerprint density at radius 2 is 1.94 bits per heavy atom. The predicted octanol–water partition coefficient (Wildman–Crippen LogP) is 2.15. The molecule has 16 heavy (non-hydrogen) atoms. The van der Waals surface area contributed by atoms with Gasteiger partial charge in [-0.25, -0.2) is 0 Å². The smallest absolute Gasteiger partial charge is 0.138 e. The molecule has 0 radical (unpaired) electrons. The predicted molar refractivity (Wildman–Crippen MR) is 65.5 cm³/mol. The summed E-state index contributed by atoms with van der Waals surface area (Å²) in [5, 5.41) is 3.30. The van der Waals surface area contributed by atoms with Crippen molar-refractivity contribution in [2.24, 2.45) is 5.92 Å². The van der Waals surface area contributed by atoms with E-state index in [1.165, 1.54) is 0 Å². The maximum Gasteiger partial charge on any atom is 0.138 e. The SMILES string of the molecule is CCC(CC)C(=O)CCOC1CCNCC1. The van der Waals surface area contributed by atoms with Crippen LogP contribution in [0.4, 0.5) is 0 Å². The van der Waals surface area contributed by atoms with Crippen LogP contribution in [0.1, 0.15) is 46.0 Å². The van der Waals surface area contributed by atoms with Gasteiger partial charge in [0.05, 0.1) is 12.7 Å². The van der Waals surface area contributed by atoms with Crippen molar-refractivity contribution in [3.63, 3.8) is 0 Å². The first-order valence-electron chi connectivity index (χ1n) is 6.63. The number of ketones is 1. The van der Waals surface area contributed by atoms with E-state index in [0.717, 1.165) is 38.8 Å². The molecule has 1 saturated heterocycles. The van der Waals surface area contributed by atoms with E-state index in [4.69, 9.17) is 4.74 Å². The van der Waals surface area contributed by atoms with Crippen molar-refractivity contribution in [2.45, 2.75) is 52.1 Å². The van der Waals surface area contributed by atoms with Crippen molar-refractivity contribution >= 4 is 5.78 Å². The van der Waals surface area contributed by atoms with Crippen LogP contribution in [-0.2, 0) is 9.53 Å². The average molecular weight is 227 g/mol. The fraction of sp³-hybridized carbons (Fsp3) is 0.923. The second-order valence-electron chi connectivity index (χ2n) is 4.55. The molecule has 1 aliphatic rings. The molecule has 1 rings (SSSR count). The van der Waals surface area contributed by atoms with Gasteiger partial charge in [-0.05, 0) is 38.8 Å². The molecule has 3 nitrogen and oxygen atoms in total. The van der Waals surface area contributed by atoms with Gasteiger partial charge >= 0.3 is 0 Å². The fourth-order valence-corrected chi connectivity index (χ4v) is 2.24. The summed E-state index contributed by atoms with van der Waals surface area (Å²) in [6.45, 7) is 6.87. The Morgan fingerprint density at radius 3 is 2.50 bits per heavy atom. The first-order valence-corrected chi connectivity index (χ1v) is 6.63. The lowest BCUT2D eigenvalue weighted by Gasteiger charge is -2.23. The second kappa shape index (κ2) is 7.80. The highest BCUT2D eigenvalue weighted by molar-refractivity contribution is 5.80. The fourth-order valence-electron chi connectivity index (χ4n) is 2.24. The molecular formula is C13H25NO2. The third-order valence-corrected chi connectivity index (χ3v) is 3.43. The first-order chi connectivity index (χ1) is 7.77. The Hall–Kier alpha value is -0.410. The summed E-state index contributed by atoms with van der Waals surface area (Å²) in [6, 6.07) is 0. The monoisotopic (exact) mass is 227 g/mol. The lowest BCUT2D eigenvalue weighted by atomic mass is 9.96. The Morgan fingerprint density at radius 1 is 1.31 bits per heavy atom. The van der Waals surface area contributed by atoms with Gasteiger partial charge in [-0.1, -0.05) is 13.8 Å². The lowest BCUT2D eigenvalue weighted by molar-refractivity contribution is -0.124. The molecule has 0 bridgehead atoms. The molecule has 0 aliphatic carbocycles. The minimum absolute atomic E-state index is 0.247. The van der Waals surface area contributed by atoms with Gasteiger partial charge in [-0.2, -0.15) is 0 Å². The van der Waals surface area contributed by atoms with E-state index in [-0.39, 0.29) is 5.92 Å². The highest BCUT2D eigenvalue weighted by Crippen LogP contribution is 2.12. The highest BCUT2D eigenvalue weighted by Gasteiger charge is 2.16. The Bertz CT molecular complexity index is 196. The Balaban J connectivity index is 2.11. The third-order valence-electron chi connectivity index (χ3n) is 3.43. The zero-order valence-electron chi connectivity index (χ0n) is 10.6. The van der Waals surface area contributed by atoms with Crippen molar-refractivity contribution in [1.82, 2.24) is 5.32 Å². The van der Waals surface area contributed by atoms with Crippen molar-refractivity contribution in [1.29, 1.82) is 0 Å². The van der Waals surface area contributed by atoms with E-state index in [0.29, 0.717) is 24.9 Å². The van der Waals surface area contributed by atoms with Gasteiger partial charge < -0.3 is 10.1 Å². The normalized spacial score (nSPS) is 17.9. The van der Waals surface area contributed by atoms with Crippen LogP contribution in [0.15, 0.2) is 0 Å². The zero-order valence-corrected chi connectivity index (χ0v) is 10.6. The number of nitrogens with one attached hydrogen (secondary N) is 1. The van der Waals surface area contributed by atoms with Crippen molar-refractivity contribution in [2.75, 3.05) is 19.7 Å². The van der Waals surface area contributed by atoms with Crippen LogP contribution in [0.5, 0.6) is 0 Å². The van der Waals surface area contributed by atoms with Gasteiger partial charge in [0, 0.05) is 12.3 Å². The van der Waals surface area contributed by atoms with E-state index >= 15 is 0 Å². The average Bonchev–Trinajstić information content (AvgIpc) is 2.32. The van der Waals surface area contributed by atoms with Crippen LogP contribution in [-0.4, -0.2) is 31.6 Å². The summed E-state index contributed by atoms with van der Waals surface area (Å²) in [7, 11) is 0. The van der Waals surface area contributed by atoms with Gasteiger partial charge in [0.2, 0.25) is 0 Å². The minimum Gasteiger partial charge on any atom is -0.378 e. The summed E-state index contributed by atoms with van der Waals surface area (Å²) in [4.78, 5) is 11.8. The van der Waals surface area contributed by atoms with Crippen LogP contribution < -0.4 is 5.32 Å². The number of hydrogen-bond acceptors (Lipinski definition) is 3. The molecule has 0 aromatic heterocycles. The van der Waals surface area contributed by atoms with E-state index in [1.807, 2.05) is 0 Å². The molecular weight excluding hydrogens is 202 g/mol. The number of hydrogen-bond donors (Lipinski definition) is 1. The lowest BCUT2D eigenvalue weighted by Crippen LogP contribution is -2.33. The van der Waals surface area contributed by atoms with E-state index in [9.17, 15) is 4.79 Å². The number of Topliss-reactive ketones (excluding diaryl/α,β-unsaturated/α-hetero) is 1. The molecule has 0 aromatic rings. The number of piperidine rings is 1. The topological polar surface area (TPSA) is 38.3 Å². The van der Waals surface area contributed by atoms with Gasteiger partial charge in [0.1, 0.15) is 5.78 Å². The van der Waals surface area contributed by atoms with Gasteiger partial charge in [0.25, 0.3) is 0 Å². The summed E-state index contributed by atoms with van der Waals surface area (Å²) in [5.41, 5.74) is 0. The maximum absolute atomic E-state index is 11.8. The standard InChI is InChI=1S/C13H25NO2/c1-3-11(4-2)13(15)7-10-16-12-5-8-14-9-6-12/h11-12,14H,3-10H2,1-2H3. The number of ether oxygens (including phenoxy) is 1. The summed E-state index contributed by atoms with van der Waals surface area (Å²) >= 11 is 0. The molecule has 0 spiro atoms. The quantitative estimate of drug-likeness (QED) is 0.724. The number of rotatable bonds is 7. The van der Waals surface area contributed by atoms with Crippen LogP contribution >= 0.6 is 0 Å². The first kappa shape index (κ1) is 13.7. The van der Waals surface area contributed by atoms with Crippen LogP contribution in [0.2, 0.25) is 0 Å². The maximum atomic E-state index is 11.8. The van der Waals surface area contributed by atoms with Crippen LogP contribution in [0, 0.1) is 5.92 Å². The summed E-state index contributed by atoms with van der Waals surface area (Å²) < 4.78 is 5.73. The van der Waals surface area contributed by atoms with Gasteiger partial charge in [-0.3, -0.25) is 4.79 Å². The van der Waals surface area contributed by atoms with Crippen molar-refractivity contribution < 1.29 is 9.53 Å². The van der Waals surface area contributed by atoms with Crippen LogP contribution in [0.3, 0.4) is 0 Å². The molecule has 1 N–H and O–H groups in total. The summed E-state index contributed by atoms with van der Waals surface area (Å²) in [6.07, 6.45) is 5.05. The van der Waals surface area contributed by atoms with Crippen LogP contribution in [0.25, 0.3) is 0 Å². The number of carbonyl (C=O) groups excluding carboxylic acids is 1. The second-order valence-corrected chi connectivity index (χ2v) is 4.55. The Labute approximate surface area is 98.9 Å². The zero-order chi connectivity index (χ0) is 11.8. The third kappa shape index (κ3) is 4.62. The largest absolute Gasteiger partial charge is 0.378 e. The van der Waals surface area contributed by atoms with Crippen molar-refractivity contribution in [3.05, 3.63) is 0 Å². The van der Waals surface area contributed by atoms with E-state index < -0.39 is 0 Å². The van der Waals surface area contributed by atoms with E-state index in [1.54, 1.807) is 0 Å². The molecule has 0 unspecified atom stereocenters. The molecule has 0 saturated carbocycles. The molecule has 1 fully saturated rings.